The summed E-state index contributed by atoms with van der Waals surface area (Å²) >= 11 is 0. The molecule has 0 aromatic heterocycles. The third kappa shape index (κ3) is 50.3. The van der Waals surface area contributed by atoms with Crippen molar-refractivity contribution in [2.75, 3.05) is 41.0 Å². The lowest BCUT2D eigenvalue weighted by molar-refractivity contribution is -0.887. The van der Waals surface area contributed by atoms with Crippen LogP contribution in [0.2, 0.25) is 0 Å². The van der Waals surface area contributed by atoms with Gasteiger partial charge in [-0.1, -0.05) is 230 Å². The van der Waals surface area contributed by atoms with Crippen molar-refractivity contribution in [1.82, 2.24) is 0 Å². The van der Waals surface area contributed by atoms with Gasteiger partial charge in [0.05, 0.1) is 34.4 Å². The van der Waals surface area contributed by atoms with E-state index in [0.29, 0.717) is 19.3 Å². The van der Waals surface area contributed by atoms with Crippen LogP contribution in [0.25, 0.3) is 0 Å². The minimum atomic E-state index is -0.874. The second-order valence-electron chi connectivity index (χ2n) is 21.2. The molecule has 0 spiro atoms. The summed E-state index contributed by atoms with van der Waals surface area (Å²) in [4.78, 5) is 37.3. The summed E-state index contributed by atoms with van der Waals surface area (Å²) in [5.41, 5.74) is 0. The molecule has 0 amide bonds. The monoisotopic (exact) mass is 973 g/mol. The summed E-state index contributed by atoms with van der Waals surface area (Å²) in [7, 11) is 5.55. The van der Waals surface area contributed by atoms with Crippen molar-refractivity contribution >= 4 is 17.9 Å². The molecule has 0 aliphatic rings. The Labute approximate surface area is 427 Å². The number of hydrogen-bond donors (Lipinski definition) is 1. The normalized spacial score (nSPS) is 13.0. The van der Waals surface area contributed by atoms with E-state index in [4.69, 9.17) is 14.2 Å². The van der Waals surface area contributed by atoms with Crippen molar-refractivity contribution in [3.63, 3.8) is 0 Å². The number of ether oxygens (including phenoxy) is 3. The fourth-order valence-electron chi connectivity index (χ4n) is 8.94. The molecule has 1 N–H and O–H groups in total. The third-order valence-corrected chi connectivity index (χ3v) is 13.5. The standard InChI is InChI=1S/C61H113NO7/c1-6-8-10-12-14-16-18-20-22-24-26-28-30-32-34-36-38-40-42-44-46-48-50-52-60(64)69-57(55-67-54-53-58(61(65)66)62(3,4)5)56-68-59(63)51-49-47-45-43-41-39-37-35-33-31-29-27-25-23-21-19-17-15-13-11-9-7-2/h25,27,31-34,57-58H,6-24,26,28-30,35-56H2,1-5H3/p+1/b27-25+,33-31+,34-32+. The molecule has 2 atom stereocenters. The number of likely N-dealkylation sites (N-methyl/N-ethyl adjacent to an activating group) is 1. The minimum absolute atomic E-state index is 0.0547. The smallest absolute Gasteiger partial charge is 0.362 e. The summed E-state index contributed by atoms with van der Waals surface area (Å²) in [6.07, 6.45) is 63.5. The van der Waals surface area contributed by atoms with Crippen LogP contribution in [0.1, 0.15) is 284 Å². The highest BCUT2D eigenvalue weighted by molar-refractivity contribution is 5.72. The van der Waals surface area contributed by atoms with Crippen molar-refractivity contribution in [2.24, 2.45) is 0 Å². The summed E-state index contributed by atoms with van der Waals surface area (Å²) in [5.74, 6) is -1.47. The van der Waals surface area contributed by atoms with E-state index >= 15 is 0 Å². The molecule has 8 heteroatoms. The molecule has 0 saturated carbocycles. The van der Waals surface area contributed by atoms with E-state index in [1.54, 1.807) is 0 Å². The van der Waals surface area contributed by atoms with Gasteiger partial charge in [0.25, 0.3) is 0 Å². The Morgan fingerprint density at radius 2 is 0.768 bits per heavy atom. The van der Waals surface area contributed by atoms with E-state index in [1.807, 2.05) is 21.1 Å². The van der Waals surface area contributed by atoms with Gasteiger partial charge in [-0.05, 0) is 70.6 Å². The van der Waals surface area contributed by atoms with Gasteiger partial charge in [0.2, 0.25) is 0 Å². The van der Waals surface area contributed by atoms with E-state index in [-0.39, 0.29) is 36.2 Å². The Morgan fingerprint density at radius 3 is 1.13 bits per heavy atom. The number of carboxylic acid groups (broad SMARTS) is 1. The number of carboxylic acids is 1. The van der Waals surface area contributed by atoms with Gasteiger partial charge in [-0.25, -0.2) is 4.79 Å². The number of nitrogens with zero attached hydrogens (tertiary/aromatic N) is 1. The maximum absolute atomic E-state index is 12.8. The van der Waals surface area contributed by atoms with Crippen molar-refractivity contribution in [3.8, 4) is 0 Å². The number of hydrogen-bond acceptors (Lipinski definition) is 6. The zero-order chi connectivity index (χ0) is 50.6. The van der Waals surface area contributed by atoms with Crippen LogP contribution in [0.4, 0.5) is 0 Å². The Bertz CT molecular complexity index is 1220. The largest absolute Gasteiger partial charge is 0.477 e. The van der Waals surface area contributed by atoms with Crippen LogP contribution in [0.5, 0.6) is 0 Å². The second-order valence-corrected chi connectivity index (χ2v) is 21.2. The zero-order valence-electron chi connectivity index (χ0n) is 46.3. The van der Waals surface area contributed by atoms with E-state index in [1.165, 1.54) is 199 Å². The van der Waals surface area contributed by atoms with Crippen LogP contribution in [0.3, 0.4) is 0 Å². The van der Waals surface area contributed by atoms with Gasteiger partial charge >= 0.3 is 17.9 Å². The van der Waals surface area contributed by atoms with Crippen LogP contribution < -0.4 is 0 Å². The lowest BCUT2D eigenvalue weighted by Gasteiger charge is -2.31. The Kier molecular flexibility index (Phi) is 50.0. The van der Waals surface area contributed by atoms with E-state index in [9.17, 15) is 19.5 Å². The Hall–Kier alpha value is -2.45. The molecule has 0 saturated heterocycles. The minimum Gasteiger partial charge on any atom is -0.477 e. The summed E-state index contributed by atoms with van der Waals surface area (Å²) in [6.45, 7) is 4.77. The first-order valence-electron chi connectivity index (χ1n) is 29.5. The maximum atomic E-state index is 12.8. The van der Waals surface area contributed by atoms with Crippen LogP contribution in [-0.2, 0) is 28.6 Å². The highest BCUT2D eigenvalue weighted by Crippen LogP contribution is 2.16. The summed E-state index contributed by atoms with van der Waals surface area (Å²) in [6, 6.07) is -0.617. The van der Waals surface area contributed by atoms with Crippen LogP contribution >= 0.6 is 0 Å². The summed E-state index contributed by atoms with van der Waals surface area (Å²) < 4.78 is 17.4. The molecule has 0 heterocycles. The number of quaternary nitrogens is 1. The molecule has 0 bridgehead atoms. The molecule has 404 valence electrons. The van der Waals surface area contributed by atoms with Gasteiger partial charge in [-0.2, -0.15) is 0 Å². The molecule has 0 aliphatic heterocycles. The first-order chi connectivity index (χ1) is 33.6. The lowest BCUT2D eigenvalue weighted by atomic mass is 10.0. The molecule has 0 fully saturated rings. The van der Waals surface area contributed by atoms with Crippen molar-refractivity contribution < 1.29 is 38.2 Å². The number of esters is 2. The molecule has 0 aromatic carbocycles. The van der Waals surface area contributed by atoms with Gasteiger partial charge in [0.15, 0.2) is 12.1 Å². The molecular formula is C61H114NO7+. The van der Waals surface area contributed by atoms with Crippen LogP contribution in [-0.4, -0.2) is 80.6 Å². The Morgan fingerprint density at radius 1 is 0.435 bits per heavy atom. The van der Waals surface area contributed by atoms with Gasteiger partial charge in [0.1, 0.15) is 6.61 Å². The van der Waals surface area contributed by atoms with E-state index in [0.717, 1.165) is 51.4 Å². The molecule has 0 aromatic rings. The van der Waals surface area contributed by atoms with Crippen LogP contribution in [0, 0.1) is 0 Å². The van der Waals surface area contributed by atoms with Crippen LogP contribution in [0.15, 0.2) is 36.5 Å². The molecule has 69 heavy (non-hydrogen) atoms. The maximum Gasteiger partial charge on any atom is 0.362 e. The van der Waals surface area contributed by atoms with Gasteiger partial charge in [-0.3, -0.25) is 9.59 Å². The molecule has 0 aliphatic carbocycles. The van der Waals surface area contributed by atoms with Gasteiger partial charge in [-0.15, -0.1) is 0 Å². The Balaban J connectivity index is 4.17. The van der Waals surface area contributed by atoms with Crippen molar-refractivity contribution in [2.45, 2.75) is 296 Å². The average Bonchev–Trinajstić information content (AvgIpc) is 3.31. The number of rotatable bonds is 54. The van der Waals surface area contributed by atoms with E-state index in [2.05, 4.69) is 50.3 Å². The molecule has 0 rings (SSSR count). The SMILES string of the molecule is CCCCCCCCCC/C=C/C/C=C/CCCCCCCCCC(=O)OCC(COCCC(C(=O)O)[N+](C)(C)C)OC(=O)CCCCCCCCC/C=C/CCCCCCCCCCCCCC. The highest BCUT2D eigenvalue weighted by atomic mass is 16.6. The number of carbonyl (C=O) groups is 3. The molecule has 8 nitrogen and oxygen atoms in total. The first-order valence-corrected chi connectivity index (χ1v) is 29.5. The predicted molar refractivity (Wildman–Crippen MR) is 294 cm³/mol. The quantitative estimate of drug-likeness (QED) is 0.0280. The number of allylic oxidation sites excluding steroid dienone is 6. The summed E-state index contributed by atoms with van der Waals surface area (Å²) in [5, 5.41) is 9.68. The first kappa shape index (κ1) is 66.6. The average molecular weight is 974 g/mol. The van der Waals surface area contributed by atoms with Gasteiger partial charge in [0, 0.05) is 19.3 Å². The topological polar surface area (TPSA) is 99.1 Å². The fraction of sp³-hybridized carbons (Fsp3) is 0.852. The zero-order valence-corrected chi connectivity index (χ0v) is 46.3. The molecule has 2 unspecified atom stereocenters. The second kappa shape index (κ2) is 51.9. The third-order valence-electron chi connectivity index (χ3n) is 13.5. The fourth-order valence-corrected chi connectivity index (χ4v) is 8.94. The highest BCUT2D eigenvalue weighted by Gasteiger charge is 2.31. The van der Waals surface area contributed by atoms with Gasteiger partial charge < -0.3 is 23.8 Å². The van der Waals surface area contributed by atoms with Crippen molar-refractivity contribution in [3.05, 3.63) is 36.5 Å². The number of unbranched alkanes of at least 4 members (excludes halogenated alkanes) is 34. The molecular weight excluding hydrogens is 859 g/mol. The lowest BCUT2D eigenvalue weighted by Crippen LogP contribution is -2.50. The number of carbonyl (C=O) groups excluding carboxylic acids is 2. The predicted octanol–water partition coefficient (Wildman–Crippen LogP) is 17.7. The number of aliphatic carboxylic acids is 1. The molecule has 0 radical (unpaired) electrons. The van der Waals surface area contributed by atoms with E-state index < -0.39 is 18.1 Å². The van der Waals surface area contributed by atoms with Crippen molar-refractivity contribution in [1.29, 1.82) is 0 Å².